The minimum absolute atomic E-state index is 0. The monoisotopic (exact) mass is 764 g/mol. The van der Waals surface area contributed by atoms with Gasteiger partial charge in [0.2, 0.25) is 0 Å². The van der Waals surface area contributed by atoms with Gasteiger partial charge in [0, 0.05) is 0 Å². The Labute approximate surface area is 258 Å². The molecule has 0 atom stereocenters. The van der Waals surface area contributed by atoms with Crippen molar-refractivity contribution in [3.8, 4) is 5.75 Å². The van der Waals surface area contributed by atoms with Crippen molar-refractivity contribution in [2.45, 2.75) is 70.5 Å². The molecule has 0 aliphatic rings. The third-order valence-corrected chi connectivity index (χ3v) is 6.08. The van der Waals surface area contributed by atoms with Crippen molar-refractivity contribution in [1.82, 2.24) is 0 Å². The first-order valence-electron chi connectivity index (χ1n) is 9.78. The van der Waals surface area contributed by atoms with Crippen LogP contribution in [-0.2, 0) is 10.1 Å². The first-order valence-corrected chi connectivity index (χ1v) is 11.2. The normalized spacial score (nSPS) is 15.8. The molecule has 264 valence electrons. The summed E-state index contributed by atoms with van der Waals surface area (Å²) in [5.74, 6) is -84.3. The molecule has 0 aliphatic heterocycles. The zero-order valence-electron chi connectivity index (χ0n) is 20.5. The van der Waals surface area contributed by atoms with E-state index in [0.29, 0.717) is 0 Å². The summed E-state index contributed by atoms with van der Waals surface area (Å²) in [5.41, 5.74) is 0. The molecule has 0 amide bonds. The van der Waals surface area contributed by atoms with Gasteiger partial charge in [-0.05, 0) is 24.3 Å². The van der Waals surface area contributed by atoms with Crippen LogP contribution in [-0.4, -0.2) is 78.6 Å². The Hall–Kier alpha value is -1.68. The van der Waals surface area contributed by atoms with Crippen LogP contribution >= 0.6 is 0 Å². The van der Waals surface area contributed by atoms with E-state index < -0.39 is 86.4 Å². The predicted molar refractivity (Wildman–Crippen MR) is 90.6 cm³/mol. The van der Waals surface area contributed by atoms with Crippen molar-refractivity contribution < 1.29 is 148 Å². The summed E-state index contributed by atoms with van der Waals surface area (Å²) in [5, 5.41) is 0. The molecule has 1 rings (SSSR count). The Morgan fingerprint density at radius 3 is 0.913 bits per heavy atom. The van der Waals surface area contributed by atoms with Gasteiger partial charge in [0.25, 0.3) is 0 Å². The van der Waals surface area contributed by atoms with Crippen LogP contribution in [0.3, 0.4) is 0 Å². The van der Waals surface area contributed by atoms with Crippen molar-refractivity contribution in [1.29, 1.82) is 0 Å². The molecule has 0 spiro atoms. The fraction of sp³-hybridized carbons (Fsp3) is 0.647. The molecule has 0 fully saturated rings. The molecule has 0 saturated carbocycles. The number of rotatable bonds is 12. The van der Waals surface area contributed by atoms with Crippen molar-refractivity contribution in [2.75, 3.05) is 0 Å². The zero-order valence-corrected chi connectivity index (χ0v) is 23.4. The van der Waals surface area contributed by atoms with E-state index in [1.807, 2.05) is 0 Å². The predicted octanol–water partition coefficient (Wildman–Crippen LogP) is 4.85. The summed E-state index contributed by atoms with van der Waals surface area (Å²) in [6.45, 7) is 0. The molecule has 29 heteroatoms. The summed E-state index contributed by atoms with van der Waals surface area (Å²) in [6.07, 6.45) is -15.6. The average Bonchev–Trinajstić information content (AvgIpc) is 2.81. The van der Waals surface area contributed by atoms with Gasteiger partial charge in [0.15, 0.2) is 0 Å². The number of halogens is 23. The van der Waals surface area contributed by atoms with Gasteiger partial charge >= 0.3 is 95.1 Å². The number of benzene rings is 1. The van der Waals surface area contributed by atoms with Crippen molar-refractivity contribution >= 4 is 10.1 Å². The molecule has 0 unspecified atom stereocenters. The molecule has 4 nitrogen and oxygen atoms in total. The van der Waals surface area contributed by atoms with E-state index in [2.05, 4.69) is 4.74 Å². The SMILES string of the molecule is O=S(=O)([O-])c1ccc(OC(F)(F)C(F)(F)C(F)(F)C(F)(F)C(F)(F)C(F)(F)C(F)(F)C(F)(F)C(F)(F)C(F)(F)C(F)(F)F)cc1.[Na+]. The summed E-state index contributed by atoms with van der Waals surface area (Å²) in [7, 11) is -5.49. The second-order valence-electron chi connectivity index (χ2n) is 8.21. The van der Waals surface area contributed by atoms with E-state index in [9.17, 15) is 114 Å². The zero-order chi connectivity index (χ0) is 36.7. The van der Waals surface area contributed by atoms with Gasteiger partial charge in [-0.1, -0.05) is 0 Å². The van der Waals surface area contributed by atoms with E-state index in [1.54, 1.807) is 0 Å². The van der Waals surface area contributed by atoms with Crippen LogP contribution in [0.25, 0.3) is 0 Å². The first kappa shape index (κ1) is 44.3. The number of alkyl halides is 23. The van der Waals surface area contributed by atoms with Crippen LogP contribution in [0.15, 0.2) is 29.2 Å². The van der Waals surface area contributed by atoms with Crippen molar-refractivity contribution in [3.05, 3.63) is 24.3 Å². The fourth-order valence-electron chi connectivity index (χ4n) is 2.63. The van der Waals surface area contributed by atoms with Gasteiger partial charge in [0.1, 0.15) is 15.9 Å². The van der Waals surface area contributed by atoms with Gasteiger partial charge in [-0.25, -0.2) is 8.42 Å². The molecular formula is C17H4F23NaO4S. The molecule has 1 aromatic rings. The first-order chi connectivity index (χ1) is 19.2. The Morgan fingerprint density at radius 2 is 0.674 bits per heavy atom. The molecule has 0 N–H and O–H groups in total. The Balaban J connectivity index is 0.0000202. The Kier molecular flexibility index (Phi) is 11.3. The third kappa shape index (κ3) is 6.05. The molecule has 0 saturated heterocycles. The number of hydrogen-bond donors (Lipinski definition) is 0. The fourth-order valence-corrected chi connectivity index (χ4v) is 3.10. The summed E-state index contributed by atoms with van der Waals surface area (Å²) < 4.78 is 342. The summed E-state index contributed by atoms with van der Waals surface area (Å²) in [6, 6.07) is -0.942. The maximum Gasteiger partial charge on any atom is 1.00 e. The van der Waals surface area contributed by atoms with Crippen LogP contribution in [0.5, 0.6) is 5.75 Å². The second kappa shape index (κ2) is 11.7. The number of ether oxygens (including phenoxy) is 1. The van der Waals surface area contributed by atoms with E-state index in [4.69, 9.17) is 0 Å². The standard InChI is InChI=1S/C17H5F23O4S.Na/c18-7(19,8(20,21)10(24,25)12(28,29)14(32,33)16(36,37)38)9(22,23)11(26,27)13(30,31)15(34,35)17(39,40)44-5-1-3-6(4-2-5)45(41,42)43;/h1-4H,(H,41,42,43);/q;+1/p-1. The molecular weight excluding hydrogens is 760 g/mol. The van der Waals surface area contributed by atoms with Crippen LogP contribution < -0.4 is 34.3 Å². The van der Waals surface area contributed by atoms with E-state index in [1.165, 1.54) is 0 Å². The van der Waals surface area contributed by atoms with Gasteiger partial charge in [0.05, 0.1) is 4.90 Å². The largest absolute Gasteiger partial charge is 1.00 e. The van der Waals surface area contributed by atoms with Crippen LogP contribution in [0.2, 0.25) is 0 Å². The van der Waals surface area contributed by atoms with Crippen molar-refractivity contribution in [3.63, 3.8) is 0 Å². The van der Waals surface area contributed by atoms with Crippen LogP contribution in [0.1, 0.15) is 0 Å². The Bertz CT molecular complexity index is 1350. The molecule has 0 radical (unpaired) electrons. The summed E-state index contributed by atoms with van der Waals surface area (Å²) >= 11 is 0. The Morgan fingerprint density at radius 1 is 0.435 bits per heavy atom. The van der Waals surface area contributed by atoms with E-state index in [0.717, 1.165) is 0 Å². The summed E-state index contributed by atoms with van der Waals surface area (Å²) in [4.78, 5) is -1.43. The molecule has 1 aromatic carbocycles. The third-order valence-electron chi connectivity index (χ3n) is 5.23. The van der Waals surface area contributed by atoms with Crippen LogP contribution in [0.4, 0.5) is 101 Å². The smallest absolute Gasteiger partial charge is 0.744 e. The molecule has 0 heterocycles. The molecule has 46 heavy (non-hydrogen) atoms. The molecule has 0 aromatic heterocycles. The van der Waals surface area contributed by atoms with E-state index >= 15 is 0 Å². The van der Waals surface area contributed by atoms with Gasteiger partial charge in [-0.15, -0.1) is 0 Å². The minimum Gasteiger partial charge on any atom is -0.744 e. The second-order valence-corrected chi connectivity index (χ2v) is 9.59. The average molecular weight is 764 g/mol. The quantitative estimate of drug-likeness (QED) is 0.174. The van der Waals surface area contributed by atoms with Gasteiger partial charge < -0.3 is 9.29 Å². The maximum absolute atomic E-state index is 13.8. The van der Waals surface area contributed by atoms with Crippen molar-refractivity contribution in [2.24, 2.45) is 0 Å². The number of hydrogen-bond acceptors (Lipinski definition) is 4. The molecule has 0 aliphatic carbocycles. The van der Waals surface area contributed by atoms with E-state index in [-0.39, 0.29) is 53.8 Å². The molecule has 0 bridgehead atoms. The maximum atomic E-state index is 13.8. The van der Waals surface area contributed by atoms with Gasteiger partial charge in [-0.2, -0.15) is 101 Å². The van der Waals surface area contributed by atoms with Gasteiger partial charge in [-0.3, -0.25) is 0 Å². The topological polar surface area (TPSA) is 66.4 Å². The van der Waals surface area contributed by atoms with Crippen LogP contribution in [0, 0.1) is 0 Å². The minimum atomic E-state index is -9.52.